The first kappa shape index (κ1) is 13.3. The highest BCUT2D eigenvalue weighted by atomic mass is 35.5. The average molecular weight is 265 g/mol. The maximum absolute atomic E-state index is 9.16. The summed E-state index contributed by atoms with van der Waals surface area (Å²) in [5.41, 5.74) is 2.06. The molecule has 1 N–H and O–H groups in total. The van der Waals surface area contributed by atoms with Crippen molar-refractivity contribution >= 4 is 22.5 Å². The normalized spacial score (nSPS) is 13.2. The Kier molecular flexibility index (Phi) is 4.17. The number of aliphatic hydroxyl groups excluding tert-OH is 1. The number of hydrogen-bond donors (Lipinski definition) is 1. The number of aromatic nitrogens is 1. The van der Waals surface area contributed by atoms with Crippen LogP contribution in [0.2, 0.25) is 5.02 Å². The Bertz CT molecular complexity index is 544. The van der Waals surface area contributed by atoms with Crippen LogP contribution in [0.15, 0.2) is 30.5 Å². The summed E-state index contributed by atoms with van der Waals surface area (Å²) in [4.78, 5) is 6.50. The zero-order chi connectivity index (χ0) is 13.1. The maximum atomic E-state index is 9.16. The summed E-state index contributed by atoms with van der Waals surface area (Å²) >= 11 is 6.16. The summed E-state index contributed by atoms with van der Waals surface area (Å²) in [6.45, 7) is 2.88. The highest BCUT2D eigenvalue weighted by Crippen LogP contribution is 2.25. The molecule has 1 aromatic heterocycles. The Hall–Kier alpha value is -1.16. The predicted octanol–water partition coefficient (Wildman–Crippen LogP) is 2.70. The Morgan fingerprint density at radius 1 is 1.39 bits per heavy atom. The molecule has 0 saturated carbocycles. The molecule has 0 amide bonds. The second kappa shape index (κ2) is 5.65. The van der Waals surface area contributed by atoms with E-state index < -0.39 is 0 Å². The second-order valence-corrected chi connectivity index (χ2v) is 4.96. The lowest BCUT2D eigenvalue weighted by Gasteiger charge is -2.23. The average Bonchev–Trinajstić information content (AvgIpc) is 2.41. The third kappa shape index (κ3) is 2.64. The van der Waals surface area contributed by atoms with Crippen LogP contribution in [0.4, 0.5) is 0 Å². The van der Waals surface area contributed by atoms with Crippen molar-refractivity contribution in [2.24, 2.45) is 0 Å². The van der Waals surface area contributed by atoms with Crippen molar-refractivity contribution in [2.45, 2.75) is 19.5 Å². The van der Waals surface area contributed by atoms with Crippen LogP contribution >= 0.6 is 11.6 Å². The first-order valence-corrected chi connectivity index (χ1v) is 6.34. The van der Waals surface area contributed by atoms with E-state index in [1.165, 1.54) is 0 Å². The third-order valence-electron chi connectivity index (χ3n) is 3.24. The van der Waals surface area contributed by atoms with Gasteiger partial charge in [0, 0.05) is 29.2 Å². The molecule has 0 aliphatic heterocycles. The molecule has 0 saturated heterocycles. The molecule has 0 fully saturated rings. The standard InChI is InChI=1S/C14H17ClN2O/c1-10(9-18)17(2)8-11-5-6-13(15)12-4-3-7-16-14(11)12/h3-7,10,18H,8-9H2,1-2H3. The molecule has 0 bridgehead atoms. The van der Waals surface area contributed by atoms with Gasteiger partial charge in [-0.15, -0.1) is 0 Å². The quantitative estimate of drug-likeness (QED) is 0.922. The summed E-state index contributed by atoms with van der Waals surface area (Å²) in [7, 11) is 1.99. The van der Waals surface area contributed by atoms with Crippen molar-refractivity contribution in [2.75, 3.05) is 13.7 Å². The largest absolute Gasteiger partial charge is 0.395 e. The molecule has 1 heterocycles. The molecule has 96 valence electrons. The summed E-state index contributed by atoms with van der Waals surface area (Å²) in [6.07, 6.45) is 1.78. The van der Waals surface area contributed by atoms with Gasteiger partial charge in [-0.25, -0.2) is 0 Å². The molecule has 2 aromatic rings. The molecule has 18 heavy (non-hydrogen) atoms. The highest BCUT2D eigenvalue weighted by molar-refractivity contribution is 6.35. The van der Waals surface area contributed by atoms with Gasteiger partial charge in [-0.05, 0) is 37.7 Å². The predicted molar refractivity (Wildman–Crippen MR) is 74.8 cm³/mol. The topological polar surface area (TPSA) is 36.4 Å². The molecule has 0 spiro atoms. The van der Waals surface area contributed by atoms with E-state index in [1.807, 2.05) is 38.2 Å². The molecular formula is C14H17ClN2O. The number of pyridine rings is 1. The Labute approximate surface area is 112 Å². The molecule has 3 nitrogen and oxygen atoms in total. The van der Waals surface area contributed by atoms with Gasteiger partial charge in [-0.1, -0.05) is 17.7 Å². The number of rotatable bonds is 4. The second-order valence-electron chi connectivity index (χ2n) is 4.55. The van der Waals surface area contributed by atoms with Crippen molar-refractivity contribution in [3.8, 4) is 0 Å². The third-order valence-corrected chi connectivity index (χ3v) is 3.57. The summed E-state index contributed by atoms with van der Waals surface area (Å²) < 4.78 is 0. The Balaban J connectivity index is 2.37. The van der Waals surface area contributed by atoms with Gasteiger partial charge in [0.2, 0.25) is 0 Å². The molecule has 4 heteroatoms. The van der Waals surface area contributed by atoms with Crippen LogP contribution in [-0.2, 0) is 6.54 Å². The Morgan fingerprint density at radius 2 is 2.17 bits per heavy atom. The van der Waals surface area contributed by atoms with Gasteiger partial charge in [0.05, 0.1) is 12.1 Å². The van der Waals surface area contributed by atoms with E-state index in [9.17, 15) is 0 Å². The first-order chi connectivity index (χ1) is 8.63. The summed E-state index contributed by atoms with van der Waals surface area (Å²) in [6, 6.07) is 7.89. The van der Waals surface area contributed by atoms with Gasteiger partial charge in [-0.3, -0.25) is 9.88 Å². The number of nitrogens with zero attached hydrogens (tertiary/aromatic N) is 2. The van der Waals surface area contributed by atoms with Gasteiger partial charge in [0.25, 0.3) is 0 Å². The lowest BCUT2D eigenvalue weighted by molar-refractivity contribution is 0.154. The maximum Gasteiger partial charge on any atom is 0.0761 e. The minimum Gasteiger partial charge on any atom is -0.395 e. The van der Waals surface area contributed by atoms with Gasteiger partial charge in [-0.2, -0.15) is 0 Å². The van der Waals surface area contributed by atoms with E-state index in [0.717, 1.165) is 28.0 Å². The van der Waals surface area contributed by atoms with Crippen LogP contribution < -0.4 is 0 Å². The van der Waals surface area contributed by atoms with E-state index in [4.69, 9.17) is 16.7 Å². The fourth-order valence-corrected chi connectivity index (χ4v) is 2.10. The number of fused-ring (bicyclic) bond motifs is 1. The van der Waals surface area contributed by atoms with Gasteiger partial charge >= 0.3 is 0 Å². The fourth-order valence-electron chi connectivity index (χ4n) is 1.89. The van der Waals surface area contributed by atoms with Crippen molar-refractivity contribution < 1.29 is 5.11 Å². The molecular weight excluding hydrogens is 248 g/mol. The Morgan fingerprint density at radius 3 is 2.89 bits per heavy atom. The molecule has 2 rings (SSSR count). The number of benzene rings is 1. The van der Waals surface area contributed by atoms with Crippen molar-refractivity contribution in [3.05, 3.63) is 41.0 Å². The number of likely N-dealkylation sites (N-methyl/N-ethyl adjacent to an activating group) is 1. The minimum absolute atomic E-state index is 0.124. The van der Waals surface area contributed by atoms with E-state index >= 15 is 0 Å². The smallest absolute Gasteiger partial charge is 0.0761 e. The van der Waals surface area contributed by atoms with E-state index in [0.29, 0.717) is 0 Å². The first-order valence-electron chi connectivity index (χ1n) is 5.96. The number of aliphatic hydroxyl groups is 1. The van der Waals surface area contributed by atoms with Crippen LogP contribution in [0.3, 0.4) is 0 Å². The minimum atomic E-state index is 0.124. The van der Waals surface area contributed by atoms with E-state index in [-0.39, 0.29) is 12.6 Å². The zero-order valence-corrected chi connectivity index (χ0v) is 11.4. The van der Waals surface area contributed by atoms with E-state index in [2.05, 4.69) is 9.88 Å². The van der Waals surface area contributed by atoms with Gasteiger partial charge < -0.3 is 5.11 Å². The van der Waals surface area contributed by atoms with Crippen LogP contribution in [-0.4, -0.2) is 34.7 Å². The zero-order valence-electron chi connectivity index (χ0n) is 10.6. The van der Waals surface area contributed by atoms with Crippen LogP contribution in [0, 0.1) is 0 Å². The van der Waals surface area contributed by atoms with Crippen molar-refractivity contribution in [1.82, 2.24) is 9.88 Å². The van der Waals surface area contributed by atoms with Crippen LogP contribution in [0.25, 0.3) is 10.9 Å². The van der Waals surface area contributed by atoms with Crippen LogP contribution in [0.1, 0.15) is 12.5 Å². The molecule has 0 aliphatic carbocycles. The fraction of sp³-hybridized carbons (Fsp3) is 0.357. The van der Waals surface area contributed by atoms with Crippen molar-refractivity contribution in [3.63, 3.8) is 0 Å². The lowest BCUT2D eigenvalue weighted by Crippen LogP contribution is -2.31. The number of halogens is 1. The molecule has 1 unspecified atom stereocenters. The van der Waals surface area contributed by atoms with Gasteiger partial charge in [0.1, 0.15) is 0 Å². The van der Waals surface area contributed by atoms with E-state index in [1.54, 1.807) is 6.20 Å². The molecule has 1 atom stereocenters. The summed E-state index contributed by atoms with van der Waals surface area (Å²) in [5.74, 6) is 0. The van der Waals surface area contributed by atoms with Crippen molar-refractivity contribution in [1.29, 1.82) is 0 Å². The monoisotopic (exact) mass is 264 g/mol. The molecule has 1 aromatic carbocycles. The highest BCUT2D eigenvalue weighted by Gasteiger charge is 2.11. The molecule has 0 aliphatic rings. The SMILES string of the molecule is CC(CO)N(C)Cc1ccc(Cl)c2cccnc12. The number of hydrogen-bond acceptors (Lipinski definition) is 3. The van der Waals surface area contributed by atoms with Crippen LogP contribution in [0.5, 0.6) is 0 Å². The molecule has 0 radical (unpaired) electrons. The summed E-state index contributed by atoms with van der Waals surface area (Å²) in [5, 5.41) is 10.9. The van der Waals surface area contributed by atoms with Gasteiger partial charge in [0.15, 0.2) is 0 Å². The lowest BCUT2D eigenvalue weighted by atomic mass is 10.1.